The molecule has 7 nitrogen and oxygen atoms in total. The molecule has 0 unspecified atom stereocenters. The second-order valence-electron chi connectivity index (χ2n) is 5.48. The molecule has 1 aliphatic rings. The molecule has 7 heteroatoms. The van der Waals surface area contributed by atoms with Gasteiger partial charge in [-0.1, -0.05) is 0 Å². The van der Waals surface area contributed by atoms with Gasteiger partial charge in [-0.15, -0.1) is 0 Å². The van der Waals surface area contributed by atoms with Gasteiger partial charge >= 0.3 is 0 Å². The maximum Gasteiger partial charge on any atom is 0.265 e. The highest BCUT2D eigenvalue weighted by Gasteiger charge is 2.24. The van der Waals surface area contributed by atoms with Crippen LogP contribution in [-0.2, 0) is 4.79 Å². The normalized spacial score (nSPS) is 15.5. The van der Waals surface area contributed by atoms with Crippen LogP contribution in [0.4, 0.5) is 11.4 Å². The molecule has 2 aromatic rings. The van der Waals surface area contributed by atoms with E-state index >= 15 is 0 Å². The predicted octanol–water partition coefficient (Wildman–Crippen LogP) is 2.68. The van der Waals surface area contributed by atoms with Crippen LogP contribution in [-0.4, -0.2) is 32.1 Å². The number of hydrogen-bond acceptors (Lipinski definition) is 5. The number of methoxy groups -OCH3 is 2. The minimum absolute atomic E-state index is 0.231. The summed E-state index contributed by atoms with van der Waals surface area (Å²) in [6.07, 6.45) is -0.547. The molecular weight excluding hydrogens is 324 g/mol. The van der Waals surface area contributed by atoms with Crippen molar-refractivity contribution in [1.29, 1.82) is 0 Å². The van der Waals surface area contributed by atoms with E-state index in [1.165, 1.54) is 14.2 Å². The Bertz CT molecular complexity index is 834. The van der Waals surface area contributed by atoms with E-state index in [2.05, 4.69) is 10.6 Å². The van der Waals surface area contributed by atoms with Crippen LogP contribution in [0, 0.1) is 0 Å². The molecule has 130 valence electrons. The fourth-order valence-electron chi connectivity index (χ4n) is 2.48. The molecule has 0 saturated heterocycles. The van der Waals surface area contributed by atoms with E-state index in [1.807, 2.05) is 0 Å². The monoisotopic (exact) mass is 342 g/mol. The SMILES string of the molecule is COc1ccc(OC)c(C(=O)Nc2ccc3c(c2)NC(=O)[C@@H](C)O3)c1. The van der Waals surface area contributed by atoms with E-state index in [-0.39, 0.29) is 11.8 Å². The second kappa shape index (κ2) is 6.72. The van der Waals surface area contributed by atoms with Gasteiger partial charge < -0.3 is 24.8 Å². The van der Waals surface area contributed by atoms with E-state index in [0.717, 1.165) is 0 Å². The molecule has 2 amide bonds. The maximum atomic E-state index is 12.6. The number of ether oxygens (including phenoxy) is 3. The lowest BCUT2D eigenvalue weighted by atomic mass is 10.1. The summed E-state index contributed by atoms with van der Waals surface area (Å²) >= 11 is 0. The van der Waals surface area contributed by atoms with Crippen LogP contribution in [0.2, 0.25) is 0 Å². The number of carbonyl (C=O) groups is 2. The smallest absolute Gasteiger partial charge is 0.265 e. The lowest BCUT2D eigenvalue weighted by molar-refractivity contribution is -0.122. The Morgan fingerprint density at radius 1 is 1.16 bits per heavy atom. The maximum absolute atomic E-state index is 12.6. The predicted molar refractivity (Wildman–Crippen MR) is 92.7 cm³/mol. The summed E-state index contributed by atoms with van der Waals surface area (Å²) in [5, 5.41) is 5.52. The topological polar surface area (TPSA) is 85.9 Å². The number of fused-ring (bicyclic) bond motifs is 1. The van der Waals surface area contributed by atoms with Gasteiger partial charge in [0.2, 0.25) is 0 Å². The van der Waals surface area contributed by atoms with Crippen LogP contribution in [0.15, 0.2) is 36.4 Å². The van der Waals surface area contributed by atoms with Gasteiger partial charge in [0, 0.05) is 5.69 Å². The third-order valence-electron chi connectivity index (χ3n) is 3.82. The van der Waals surface area contributed by atoms with Crippen molar-refractivity contribution in [3.05, 3.63) is 42.0 Å². The minimum atomic E-state index is -0.547. The first kappa shape index (κ1) is 16.6. The van der Waals surface area contributed by atoms with Crippen LogP contribution in [0.3, 0.4) is 0 Å². The zero-order valence-corrected chi connectivity index (χ0v) is 14.1. The molecular formula is C18H18N2O5. The van der Waals surface area contributed by atoms with Crippen molar-refractivity contribution >= 4 is 23.2 Å². The average molecular weight is 342 g/mol. The van der Waals surface area contributed by atoms with Crippen molar-refractivity contribution in [3.63, 3.8) is 0 Å². The molecule has 0 aliphatic carbocycles. The Labute approximate surface area is 144 Å². The van der Waals surface area contributed by atoms with Gasteiger partial charge in [0.15, 0.2) is 6.10 Å². The molecule has 0 radical (unpaired) electrons. The van der Waals surface area contributed by atoms with Crippen LogP contribution < -0.4 is 24.8 Å². The largest absolute Gasteiger partial charge is 0.497 e. The van der Waals surface area contributed by atoms with Gasteiger partial charge in [-0.05, 0) is 43.3 Å². The molecule has 0 aromatic heterocycles. The third-order valence-corrected chi connectivity index (χ3v) is 3.82. The summed E-state index contributed by atoms with van der Waals surface area (Å²) in [7, 11) is 3.02. The van der Waals surface area contributed by atoms with E-state index in [9.17, 15) is 9.59 Å². The summed E-state index contributed by atoms with van der Waals surface area (Å²) < 4.78 is 15.9. The fraction of sp³-hybridized carbons (Fsp3) is 0.222. The van der Waals surface area contributed by atoms with E-state index < -0.39 is 6.10 Å². The zero-order valence-electron chi connectivity index (χ0n) is 14.1. The first-order chi connectivity index (χ1) is 12.0. The van der Waals surface area contributed by atoms with Gasteiger partial charge in [0.1, 0.15) is 17.2 Å². The zero-order chi connectivity index (χ0) is 18.0. The summed E-state index contributed by atoms with van der Waals surface area (Å²) in [5.41, 5.74) is 1.37. The highest BCUT2D eigenvalue weighted by molar-refractivity contribution is 6.07. The van der Waals surface area contributed by atoms with Crippen LogP contribution >= 0.6 is 0 Å². The van der Waals surface area contributed by atoms with Gasteiger partial charge in [-0.2, -0.15) is 0 Å². The second-order valence-corrected chi connectivity index (χ2v) is 5.48. The van der Waals surface area contributed by atoms with Gasteiger partial charge in [-0.25, -0.2) is 0 Å². The number of hydrogen-bond donors (Lipinski definition) is 2. The molecule has 1 aliphatic heterocycles. The number of anilines is 2. The lowest BCUT2D eigenvalue weighted by Gasteiger charge is -2.23. The highest BCUT2D eigenvalue weighted by atomic mass is 16.5. The molecule has 0 spiro atoms. The fourth-order valence-corrected chi connectivity index (χ4v) is 2.48. The lowest BCUT2D eigenvalue weighted by Crippen LogP contribution is -2.34. The Morgan fingerprint density at radius 3 is 2.68 bits per heavy atom. The quantitative estimate of drug-likeness (QED) is 0.892. The summed E-state index contributed by atoms with van der Waals surface area (Å²) in [4.78, 5) is 24.3. The molecule has 0 bridgehead atoms. The van der Waals surface area contributed by atoms with Gasteiger partial charge in [0.05, 0.1) is 25.5 Å². The summed E-state index contributed by atoms with van der Waals surface area (Å²) in [6, 6.07) is 10.0. The van der Waals surface area contributed by atoms with Gasteiger partial charge in [0.25, 0.3) is 11.8 Å². The Balaban J connectivity index is 1.85. The number of benzene rings is 2. The average Bonchev–Trinajstić information content (AvgIpc) is 2.62. The van der Waals surface area contributed by atoms with E-state index in [1.54, 1.807) is 43.3 Å². The van der Waals surface area contributed by atoms with Crippen molar-refractivity contribution in [2.45, 2.75) is 13.0 Å². The Hall–Kier alpha value is -3.22. The van der Waals surface area contributed by atoms with Gasteiger partial charge in [-0.3, -0.25) is 9.59 Å². The number of carbonyl (C=O) groups excluding carboxylic acids is 2. The summed E-state index contributed by atoms with van der Waals surface area (Å²) in [6.45, 7) is 1.67. The molecule has 0 saturated carbocycles. The minimum Gasteiger partial charge on any atom is -0.497 e. The van der Waals surface area contributed by atoms with Crippen molar-refractivity contribution in [2.24, 2.45) is 0 Å². The molecule has 1 heterocycles. The van der Waals surface area contributed by atoms with Crippen molar-refractivity contribution < 1.29 is 23.8 Å². The first-order valence-electron chi connectivity index (χ1n) is 7.66. The first-order valence-corrected chi connectivity index (χ1v) is 7.66. The Morgan fingerprint density at radius 2 is 1.96 bits per heavy atom. The number of amides is 2. The Kier molecular flexibility index (Phi) is 4.47. The molecule has 2 N–H and O–H groups in total. The van der Waals surface area contributed by atoms with Crippen LogP contribution in [0.1, 0.15) is 17.3 Å². The van der Waals surface area contributed by atoms with Crippen LogP contribution in [0.25, 0.3) is 0 Å². The van der Waals surface area contributed by atoms with Crippen molar-refractivity contribution in [1.82, 2.24) is 0 Å². The van der Waals surface area contributed by atoms with E-state index in [4.69, 9.17) is 14.2 Å². The number of nitrogens with one attached hydrogen (secondary N) is 2. The highest BCUT2D eigenvalue weighted by Crippen LogP contribution is 2.32. The summed E-state index contributed by atoms with van der Waals surface area (Å²) in [5.74, 6) is 0.953. The third kappa shape index (κ3) is 3.35. The molecule has 1 atom stereocenters. The standard InChI is InChI=1S/C18H18N2O5/c1-10-17(21)20-14-8-11(4-6-16(14)25-10)19-18(22)13-9-12(23-2)5-7-15(13)24-3/h4-10H,1-3H3,(H,19,22)(H,20,21)/t10-/m1/s1. The molecule has 25 heavy (non-hydrogen) atoms. The number of rotatable bonds is 4. The molecule has 3 rings (SSSR count). The van der Waals surface area contributed by atoms with Crippen molar-refractivity contribution in [2.75, 3.05) is 24.9 Å². The van der Waals surface area contributed by atoms with Crippen molar-refractivity contribution in [3.8, 4) is 17.2 Å². The van der Waals surface area contributed by atoms with Crippen LogP contribution in [0.5, 0.6) is 17.2 Å². The van der Waals surface area contributed by atoms with E-state index in [0.29, 0.717) is 34.2 Å². The molecule has 0 fully saturated rings. The molecule has 2 aromatic carbocycles.